The van der Waals surface area contributed by atoms with Crippen molar-refractivity contribution in [1.29, 1.82) is 0 Å². The molecule has 2 unspecified atom stereocenters. The number of hydrogen-bond acceptors (Lipinski definition) is 1. The fourth-order valence-electron chi connectivity index (χ4n) is 3.03. The molecule has 0 aliphatic heterocycles. The summed E-state index contributed by atoms with van der Waals surface area (Å²) in [6.45, 7) is 6.03. The van der Waals surface area contributed by atoms with Gasteiger partial charge in [0.2, 0.25) is 0 Å². The Bertz CT molecular complexity index is 227. The molecule has 74 valence electrons. The van der Waals surface area contributed by atoms with E-state index in [1.165, 1.54) is 19.3 Å². The topological polar surface area (TPSA) is 12.0 Å². The van der Waals surface area contributed by atoms with Crippen molar-refractivity contribution in [3.8, 4) is 0 Å². The van der Waals surface area contributed by atoms with Gasteiger partial charge in [-0.1, -0.05) is 25.5 Å². The van der Waals surface area contributed by atoms with Gasteiger partial charge in [0.15, 0.2) is 0 Å². The molecule has 0 spiro atoms. The summed E-state index contributed by atoms with van der Waals surface area (Å²) in [5.74, 6) is 1.88. The molecule has 1 heteroatoms. The van der Waals surface area contributed by atoms with Crippen molar-refractivity contribution < 1.29 is 0 Å². The van der Waals surface area contributed by atoms with Gasteiger partial charge in [-0.2, -0.15) is 0 Å². The molecule has 0 aromatic heterocycles. The zero-order valence-electron chi connectivity index (χ0n) is 9.06. The van der Waals surface area contributed by atoms with E-state index in [-0.39, 0.29) is 0 Å². The predicted octanol–water partition coefficient (Wildman–Crippen LogP) is 2.59. The van der Waals surface area contributed by atoms with Crippen molar-refractivity contribution in [2.75, 3.05) is 13.6 Å². The van der Waals surface area contributed by atoms with Gasteiger partial charge in [-0.15, -0.1) is 0 Å². The molecule has 0 saturated heterocycles. The van der Waals surface area contributed by atoms with Crippen LogP contribution in [0.3, 0.4) is 0 Å². The molecule has 0 aromatic rings. The molecule has 1 fully saturated rings. The second-order valence-electron chi connectivity index (χ2n) is 5.17. The van der Waals surface area contributed by atoms with Gasteiger partial charge >= 0.3 is 0 Å². The Balaban J connectivity index is 2.01. The minimum Gasteiger partial charge on any atom is -0.319 e. The highest BCUT2D eigenvalue weighted by molar-refractivity contribution is 5.23. The van der Waals surface area contributed by atoms with Crippen molar-refractivity contribution in [1.82, 2.24) is 5.32 Å². The number of nitrogens with one attached hydrogen (secondary N) is 1. The van der Waals surface area contributed by atoms with Crippen LogP contribution in [0, 0.1) is 17.3 Å². The molecule has 0 amide bonds. The van der Waals surface area contributed by atoms with Crippen LogP contribution in [0.25, 0.3) is 0 Å². The van der Waals surface area contributed by atoms with Gasteiger partial charge in [0.05, 0.1) is 0 Å². The number of fused-ring (bicyclic) bond motifs is 1. The molecule has 0 aromatic carbocycles. The third-order valence-corrected chi connectivity index (χ3v) is 4.25. The number of rotatable bonds is 3. The van der Waals surface area contributed by atoms with E-state index in [0.717, 1.165) is 18.4 Å². The first-order valence-electron chi connectivity index (χ1n) is 5.49. The molecule has 2 bridgehead atoms. The van der Waals surface area contributed by atoms with Crippen LogP contribution in [0.4, 0.5) is 0 Å². The monoisotopic (exact) mass is 179 g/mol. The lowest BCUT2D eigenvalue weighted by atomic mass is 9.48. The highest BCUT2D eigenvalue weighted by Crippen LogP contribution is 2.59. The lowest BCUT2D eigenvalue weighted by Gasteiger charge is -2.56. The first kappa shape index (κ1) is 9.26. The molecule has 3 aliphatic carbocycles. The van der Waals surface area contributed by atoms with Crippen LogP contribution in [0.5, 0.6) is 0 Å². The average molecular weight is 179 g/mol. The van der Waals surface area contributed by atoms with Crippen LogP contribution in [0.2, 0.25) is 0 Å². The summed E-state index contributed by atoms with van der Waals surface area (Å²) in [5, 5.41) is 3.24. The fourth-order valence-corrected chi connectivity index (χ4v) is 3.03. The van der Waals surface area contributed by atoms with Crippen LogP contribution < -0.4 is 5.32 Å². The first-order valence-corrected chi connectivity index (χ1v) is 5.49. The van der Waals surface area contributed by atoms with Crippen LogP contribution in [-0.2, 0) is 0 Å². The van der Waals surface area contributed by atoms with Gasteiger partial charge in [-0.3, -0.25) is 0 Å². The average Bonchev–Trinajstić information content (AvgIpc) is 2.14. The molecule has 0 heterocycles. The molecule has 1 nitrogen and oxygen atoms in total. The Morgan fingerprint density at radius 3 is 2.85 bits per heavy atom. The molecule has 13 heavy (non-hydrogen) atoms. The van der Waals surface area contributed by atoms with E-state index < -0.39 is 0 Å². The Kier molecular flexibility index (Phi) is 2.23. The Morgan fingerprint density at radius 2 is 2.31 bits per heavy atom. The molecule has 0 radical (unpaired) electrons. The highest BCUT2D eigenvalue weighted by atomic mass is 14.8. The van der Waals surface area contributed by atoms with Gasteiger partial charge in [0, 0.05) is 0 Å². The summed E-state index contributed by atoms with van der Waals surface area (Å²) in [6.07, 6.45) is 6.56. The lowest BCUT2D eigenvalue weighted by molar-refractivity contribution is -0.00811. The summed E-state index contributed by atoms with van der Waals surface area (Å²) in [6, 6.07) is 0. The zero-order valence-corrected chi connectivity index (χ0v) is 9.06. The Hall–Kier alpha value is -0.300. The molecule has 2 atom stereocenters. The van der Waals surface area contributed by atoms with Gasteiger partial charge in [0.1, 0.15) is 0 Å². The van der Waals surface area contributed by atoms with E-state index in [1.54, 1.807) is 5.57 Å². The second-order valence-corrected chi connectivity index (χ2v) is 5.17. The quantitative estimate of drug-likeness (QED) is 0.657. The molecule has 1 N–H and O–H groups in total. The van der Waals surface area contributed by atoms with E-state index in [1.807, 2.05) is 7.05 Å². The summed E-state index contributed by atoms with van der Waals surface area (Å²) < 4.78 is 0. The van der Waals surface area contributed by atoms with Crippen molar-refractivity contribution in [2.24, 2.45) is 17.3 Å². The minimum absolute atomic E-state index is 0.609. The maximum absolute atomic E-state index is 3.24. The zero-order chi connectivity index (χ0) is 9.47. The fraction of sp³-hybridized carbons (Fsp3) is 0.833. The van der Waals surface area contributed by atoms with Crippen LogP contribution >= 0.6 is 0 Å². The van der Waals surface area contributed by atoms with Crippen molar-refractivity contribution in [2.45, 2.75) is 33.1 Å². The van der Waals surface area contributed by atoms with E-state index in [4.69, 9.17) is 0 Å². The van der Waals surface area contributed by atoms with Crippen molar-refractivity contribution >= 4 is 0 Å². The van der Waals surface area contributed by atoms with E-state index in [0.29, 0.717) is 5.41 Å². The second kappa shape index (κ2) is 3.13. The highest BCUT2D eigenvalue weighted by Gasteiger charge is 2.50. The third kappa shape index (κ3) is 1.34. The van der Waals surface area contributed by atoms with Crippen molar-refractivity contribution in [3.05, 3.63) is 11.6 Å². The van der Waals surface area contributed by atoms with E-state index in [9.17, 15) is 0 Å². The predicted molar refractivity (Wildman–Crippen MR) is 56.6 cm³/mol. The van der Waals surface area contributed by atoms with E-state index in [2.05, 4.69) is 25.2 Å². The minimum atomic E-state index is 0.609. The Labute approximate surface area is 81.6 Å². The van der Waals surface area contributed by atoms with Crippen LogP contribution in [-0.4, -0.2) is 13.6 Å². The van der Waals surface area contributed by atoms with Crippen molar-refractivity contribution in [3.63, 3.8) is 0 Å². The lowest BCUT2D eigenvalue weighted by Crippen LogP contribution is -2.48. The largest absolute Gasteiger partial charge is 0.319 e. The van der Waals surface area contributed by atoms with Gasteiger partial charge in [-0.05, 0) is 50.1 Å². The SMILES string of the molecule is CNCCC1=CCC2CC1C2(C)C. The molecular formula is C12H21N. The first-order chi connectivity index (χ1) is 6.16. The summed E-state index contributed by atoms with van der Waals surface area (Å²) in [5.41, 5.74) is 2.33. The maximum atomic E-state index is 3.24. The Morgan fingerprint density at radius 1 is 1.54 bits per heavy atom. The molecule has 3 aliphatic rings. The van der Waals surface area contributed by atoms with Gasteiger partial charge < -0.3 is 5.32 Å². The summed E-state index contributed by atoms with van der Waals surface area (Å²) in [7, 11) is 2.04. The van der Waals surface area contributed by atoms with Gasteiger partial charge in [0.25, 0.3) is 0 Å². The number of hydrogen-bond donors (Lipinski definition) is 1. The standard InChI is InChI=1S/C12H21N/c1-12(2)10-5-4-9(6-7-13-3)11(12)8-10/h4,10-11,13H,5-8H2,1-3H3. The van der Waals surface area contributed by atoms with E-state index >= 15 is 0 Å². The number of allylic oxidation sites excluding steroid dienone is 1. The van der Waals surface area contributed by atoms with Crippen LogP contribution in [0.1, 0.15) is 33.1 Å². The third-order valence-electron chi connectivity index (χ3n) is 4.25. The molecule has 1 saturated carbocycles. The summed E-state index contributed by atoms with van der Waals surface area (Å²) >= 11 is 0. The van der Waals surface area contributed by atoms with Crippen LogP contribution in [0.15, 0.2) is 11.6 Å². The molecular weight excluding hydrogens is 158 g/mol. The maximum Gasteiger partial charge on any atom is -0.00145 e. The smallest absolute Gasteiger partial charge is 0.00145 e. The molecule has 3 rings (SSSR count). The summed E-state index contributed by atoms with van der Waals surface area (Å²) in [4.78, 5) is 0. The normalized spacial score (nSPS) is 35.2. The van der Waals surface area contributed by atoms with Gasteiger partial charge in [-0.25, -0.2) is 0 Å².